The molecule has 0 aliphatic heterocycles. The molecule has 8 nitrogen and oxygen atoms in total. The first-order valence-corrected chi connectivity index (χ1v) is 10.4. The number of esters is 1. The molecule has 2 unspecified atom stereocenters. The van der Waals surface area contributed by atoms with Crippen molar-refractivity contribution in [2.75, 3.05) is 20.2 Å². The largest absolute Gasteiger partial charge is 0.461 e. The van der Waals surface area contributed by atoms with E-state index in [0.717, 1.165) is 12.1 Å². The van der Waals surface area contributed by atoms with Gasteiger partial charge in [-0.1, -0.05) is 17.9 Å². The molecule has 0 fully saturated rings. The first-order valence-electron chi connectivity index (χ1n) is 10.4. The van der Waals surface area contributed by atoms with Crippen LogP contribution in [0.3, 0.4) is 0 Å². The van der Waals surface area contributed by atoms with Crippen molar-refractivity contribution in [1.82, 2.24) is 14.7 Å². The SMILES string of the molecule is CCOC(=O)c1nn(-c2cccc(C#CC(O)CCN(C)C=O)c2)c2c1C(O)CCC2. The Morgan fingerprint density at radius 2 is 2.29 bits per heavy atom. The van der Waals surface area contributed by atoms with Gasteiger partial charge in [0.05, 0.1) is 24.1 Å². The predicted molar refractivity (Wildman–Crippen MR) is 114 cm³/mol. The number of aliphatic hydroxyl groups excluding tert-OH is 2. The summed E-state index contributed by atoms with van der Waals surface area (Å²) in [5.41, 5.74) is 2.87. The predicted octanol–water partition coefficient (Wildman–Crippen LogP) is 1.61. The third-order valence-electron chi connectivity index (χ3n) is 5.12. The highest BCUT2D eigenvalue weighted by Crippen LogP contribution is 2.34. The van der Waals surface area contributed by atoms with E-state index in [2.05, 4.69) is 16.9 Å². The minimum atomic E-state index is -0.853. The van der Waals surface area contributed by atoms with Crippen molar-refractivity contribution in [1.29, 1.82) is 0 Å². The monoisotopic (exact) mass is 425 g/mol. The maximum absolute atomic E-state index is 12.4. The molecule has 3 rings (SSSR count). The fraction of sp³-hybridized carbons (Fsp3) is 0.435. The van der Waals surface area contributed by atoms with Crippen LogP contribution in [0.2, 0.25) is 0 Å². The van der Waals surface area contributed by atoms with Crippen LogP contribution in [0.25, 0.3) is 5.69 Å². The molecule has 31 heavy (non-hydrogen) atoms. The number of aliphatic hydroxyl groups is 2. The standard InChI is InChI=1S/C23H27N3O5/c1-3-31-23(30)22-21-19(8-5-9-20(21)29)26(24-22)17-7-4-6-16(14-17)10-11-18(28)12-13-25(2)15-27/h4,6-7,14-15,18,20,28-29H,3,5,8-9,12-13H2,1-2H3. The Kier molecular flexibility index (Phi) is 7.45. The third-order valence-corrected chi connectivity index (χ3v) is 5.12. The van der Waals surface area contributed by atoms with Gasteiger partial charge in [-0.15, -0.1) is 0 Å². The summed E-state index contributed by atoms with van der Waals surface area (Å²) >= 11 is 0. The first-order chi connectivity index (χ1) is 14.9. The number of ether oxygens (including phenoxy) is 1. The van der Waals surface area contributed by atoms with Crippen molar-refractivity contribution in [3.8, 4) is 17.5 Å². The molecular weight excluding hydrogens is 398 g/mol. The van der Waals surface area contributed by atoms with Crippen LogP contribution >= 0.6 is 0 Å². The molecule has 0 saturated heterocycles. The number of benzene rings is 1. The Labute approximate surface area is 181 Å². The second kappa shape index (κ2) is 10.2. The van der Waals surface area contributed by atoms with Crippen LogP contribution in [-0.4, -0.2) is 63.6 Å². The van der Waals surface area contributed by atoms with E-state index in [1.54, 1.807) is 18.7 Å². The molecule has 0 spiro atoms. The second-order valence-corrected chi connectivity index (χ2v) is 7.46. The molecule has 1 heterocycles. The fourth-order valence-electron chi connectivity index (χ4n) is 3.56. The molecule has 2 atom stereocenters. The Balaban J connectivity index is 1.89. The number of fused-ring (bicyclic) bond motifs is 1. The number of carbonyl (C=O) groups is 2. The van der Waals surface area contributed by atoms with E-state index in [1.807, 2.05) is 24.3 Å². The van der Waals surface area contributed by atoms with E-state index in [-0.39, 0.29) is 12.3 Å². The molecule has 1 aliphatic rings. The van der Waals surface area contributed by atoms with Gasteiger partial charge in [0.2, 0.25) is 6.41 Å². The number of rotatable bonds is 7. The number of amides is 1. The maximum Gasteiger partial charge on any atom is 0.359 e. The summed E-state index contributed by atoms with van der Waals surface area (Å²) < 4.78 is 6.80. The summed E-state index contributed by atoms with van der Waals surface area (Å²) in [5, 5.41) is 25.0. The zero-order chi connectivity index (χ0) is 22.4. The van der Waals surface area contributed by atoms with Crippen molar-refractivity contribution < 1.29 is 24.5 Å². The Hall–Kier alpha value is -3.15. The van der Waals surface area contributed by atoms with Crippen LogP contribution in [0.5, 0.6) is 0 Å². The van der Waals surface area contributed by atoms with E-state index in [0.29, 0.717) is 49.0 Å². The molecule has 1 aliphatic carbocycles. The molecule has 2 N–H and O–H groups in total. The lowest BCUT2D eigenvalue weighted by Gasteiger charge is -2.19. The second-order valence-electron chi connectivity index (χ2n) is 7.46. The third kappa shape index (κ3) is 5.32. The summed E-state index contributed by atoms with van der Waals surface area (Å²) in [6.45, 7) is 2.37. The summed E-state index contributed by atoms with van der Waals surface area (Å²) in [6.07, 6.45) is 1.52. The number of carbonyl (C=O) groups excluding carboxylic acids is 2. The fourth-order valence-corrected chi connectivity index (χ4v) is 3.56. The Bertz CT molecular complexity index is 1000. The van der Waals surface area contributed by atoms with E-state index in [9.17, 15) is 19.8 Å². The zero-order valence-electron chi connectivity index (χ0n) is 17.7. The number of hydrogen-bond donors (Lipinski definition) is 2. The smallest absolute Gasteiger partial charge is 0.359 e. The zero-order valence-corrected chi connectivity index (χ0v) is 17.7. The minimum Gasteiger partial charge on any atom is -0.461 e. The molecule has 0 bridgehead atoms. The summed E-state index contributed by atoms with van der Waals surface area (Å²) in [7, 11) is 1.64. The van der Waals surface area contributed by atoms with Gasteiger partial charge in [-0.25, -0.2) is 9.48 Å². The Morgan fingerprint density at radius 3 is 3.03 bits per heavy atom. The van der Waals surface area contributed by atoms with E-state index in [4.69, 9.17) is 4.74 Å². The van der Waals surface area contributed by atoms with Gasteiger partial charge >= 0.3 is 5.97 Å². The first kappa shape index (κ1) is 22.5. The normalized spacial score (nSPS) is 15.9. The van der Waals surface area contributed by atoms with Crippen LogP contribution in [0, 0.1) is 11.8 Å². The lowest BCUT2D eigenvalue weighted by atomic mass is 9.93. The van der Waals surface area contributed by atoms with Gasteiger partial charge in [0.1, 0.15) is 6.10 Å². The van der Waals surface area contributed by atoms with Crippen LogP contribution in [-0.2, 0) is 16.0 Å². The summed E-state index contributed by atoms with van der Waals surface area (Å²) in [6, 6.07) is 7.31. The van der Waals surface area contributed by atoms with Crippen molar-refractivity contribution >= 4 is 12.4 Å². The summed E-state index contributed by atoms with van der Waals surface area (Å²) in [4.78, 5) is 24.5. The lowest BCUT2D eigenvalue weighted by Crippen LogP contribution is -2.21. The van der Waals surface area contributed by atoms with Crippen molar-refractivity contribution in [2.24, 2.45) is 0 Å². The highest BCUT2D eigenvalue weighted by Gasteiger charge is 2.31. The van der Waals surface area contributed by atoms with E-state index < -0.39 is 18.2 Å². The average molecular weight is 425 g/mol. The molecular formula is C23H27N3O5. The molecule has 164 valence electrons. The van der Waals surface area contributed by atoms with Gasteiger partial charge in [-0.2, -0.15) is 5.10 Å². The average Bonchev–Trinajstić information content (AvgIpc) is 3.17. The van der Waals surface area contributed by atoms with Gasteiger partial charge in [-0.3, -0.25) is 4.79 Å². The quantitative estimate of drug-likeness (QED) is 0.397. The van der Waals surface area contributed by atoms with Crippen LogP contribution in [0.4, 0.5) is 0 Å². The van der Waals surface area contributed by atoms with Gasteiger partial charge < -0.3 is 19.8 Å². The highest BCUT2D eigenvalue weighted by molar-refractivity contribution is 5.89. The number of nitrogens with zero attached hydrogens (tertiary/aromatic N) is 3. The van der Waals surface area contributed by atoms with Crippen molar-refractivity contribution in [3.63, 3.8) is 0 Å². The summed E-state index contributed by atoms with van der Waals surface area (Å²) in [5.74, 6) is 5.19. The molecule has 0 saturated carbocycles. The van der Waals surface area contributed by atoms with Gasteiger partial charge in [0, 0.05) is 31.1 Å². The molecule has 1 amide bonds. The van der Waals surface area contributed by atoms with Gasteiger partial charge in [-0.05, 0) is 44.4 Å². The van der Waals surface area contributed by atoms with Gasteiger partial charge in [0.15, 0.2) is 5.69 Å². The molecule has 1 aromatic carbocycles. The molecule has 8 heteroatoms. The van der Waals surface area contributed by atoms with E-state index in [1.165, 1.54) is 4.90 Å². The number of aromatic nitrogens is 2. The van der Waals surface area contributed by atoms with Crippen LogP contribution in [0.1, 0.15) is 59.6 Å². The molecule has 1 aromatic heterocycles. The lowest BCUT2D eigenvalue weighted by molar-refractivity contribution is -0.117. The highest BCUT2D eigenvalue weighted by atomic mass is 16.5. The van der Waals surface area contributed by atoms with Crippen LogP contribution in [0.15, 0.2) is 24.3 Å². The number of hydrogen-bond acceptors (Lipinski definition) is 6. The van der Waals surface area contributed by atoms with Crippen LogP contribution < -0.4 is 0 Å². The van der Waals surface area contributed by atoms with Crippen molar-refractivity contribution in [2.45, 2.75) is 44.8 Å². The maximum atomic E-state index is 12.4. The topological polar surface area (TPSA) is 105 Å². The minimum absolute atomic E-state index is 0.148. The Morgan fingerprint density at radius 1 is 1.48 bits per heavy atom. The molecule has 0 radical (unpaired) electrons. The van der Waals surface area contributed by atoms with Crippen molar-refractivity contribution in [3.05, 3.63) is 46.8 Å². The van der Waals surface area contributed by atoms with E-state index >= 15 is 0 Å². The molecule has 2 aromatic rings. The van der Waals surface area contributed by atoms with Gasteiger partial charge in [0.25, 0.3) is 0 Å².